The maximum atomic E-state index is 9.52. The molecular formula is C15H20N2. The highest BCUT2D eigenvalue weighted by Crippen LogP contribution is 2.61. The van der Waals surface area contributed by atoms with Crippen LogP contribution >= 0.6 is 0 Å². The van der Waals surface area contributed by atoms with Gasteiger partial charge in [-0.25, -0.2) is 0 Å². The topological polar surface area (TPSA) is 27.0 Å². The molecule has 1 aliphatic heterocycles. The summed E-state index contributed by atoms with van der Waals surface area (Å²) in [4.78, 5) is 2.56. The fraction of sp³-hybridized carbons (Fsp3) is 0.667. The lowest BCUT2D eigenvalue weighted by Gasteiger charge is -2.39. The second kappa shape index (κ2) is 3.99. The summed E-state index contributed by atoms with van der Waals surface area (Å²) in [6.07, 6.45) is 14.7. The van der Waals surface area contributed by atoms with Crippen molar-refractivity contribution < 1.29 is 0 Å². The van der Waals surface area contributed by atoms with Gasteiger partial charge in [0.15, 0.2) is 0 Å². The van der Waals surface area contributed by atoms with Crippen LogP contribution in [0.3, 0.4) is 0 Å². The maximum absolute atomic E-state index is 9.52. The Kier molecular flexibility index (Phi) is 2.60. The largest absolute Gasteiger partial charge is 0.302 e. The molecule has 0 amide bonds. The van der Waals surface area contributed by atoms with Crippen LogP contribution in [0.1, 0.15) is 32.1 Å². The number of nitriles is 1. The highest BCUT2D eigenvalue weighted by Gasteiger charge is 2.58. The summed E-state index contributed by atoms with van der Waals surface area (Å²) in [5.74, 6) is 0. The van der Waals surface area contributed by atoms with Gasteiger partial charge >= 0.3 is 0 Å². The van der Waals surface area contributed by atoms with E-state index in [1.807, 2.05) is 0 Å². The first-order valence-electron chi connectivity index (χ1n) is 6.78. The molecule has 1 atom stereocenters. The van der Waals surface area contributed by atoms with Crippen LogP contribution < -0.4 is 0 Å². The van der Waals surface area contributed by atoms with E-state index in [-0.39, 0.29) is 10.8 Å². The molecule has 1 unspecified atom stereocenters. The first-order valence-corrected chi connectivity index (χ1v) is 6.78. The third-order valence-electron chi connectivity index (χ3n) is 4.77. The zero-order valence-corrected chi connectivity index (χ0v) is 10.4. The molecule has 0 radical (unpaired) electrons. The average molecular weight is 228 g/mol. The molecule has 0 spiro atoms. The van der Waals surface area contributed by atoms with Crippen molar-refractivity contribution in [3.8, 4) is 6.07 Å². The van der Waals surface area contributed by atoms with Gasteiger partial charge in [0.25, 0.3) is 0 Å². The summed E-state index contributed by atoms with van der Waals surface area (Å²) in [5.41, 5.74) is 0.0394. The van der Waals surface area contributed by atoms with E-state index in [2.05, 4.69) is 35.3 Å². The second-order valence-electron chi connectivity index (χ2n) is 5.82. The molecule has 3 aliphatic rings. The van der Waals surface area contributed by atoms with Gasteiger partial charge in [-0.3, -0.25) is 0 Å². The normalized spacial score (nSPS) is 34.8. The van der Waals surface area contributed by atoms with E-state index in [0.29, 0.717) is 0 Å². The number of allylic oxidation sites excluding steroid dienone is 3. The fourth-order valence-electron chi connectivity index (χ4n) is 3.47. The minimum absolute atomic E-state index is 0.0587. The van der Waals surface area contributed by atoms with Crippen molar-refractivity contribution in [1.82, 2.24) is 4.90 Å². The standard InChI is InChI=1S/C15H20N2/c16-12-14(8-9-14)15(6-2-1-3-7-15)13-17-10-4-5-11-17/h1-3,6H,4-5,7-11,13H2. The summed E-state index contributed by atoms with van der Waals surface area (Å²) in [6.45, 7) is 3.53. The maximum Gasteiger partial charge on any atom is 0.0699 e. The van der Waals surface area contributed by atoms with Crippen molar-refractivity contribution in [3.63, 3.8) is 0 Å². The Labute approximate surface area is 104 Å². The number of hydrogen-bond acceptors (Lipinski definition) is 2. The molecular weight excluding hydrogens is 208 g/mol. The van der Waals surface area contributed by atoms with Crippen LogP contribution in [-0.4, -0.2) is 24.5 Å². The average Bonchev–Trinajstić information content (AvgIpc) is 3.04. The molecule has 1 saturated carbocycles. The van der Waals surface area contributed by atoms with Crippen molar-refractivity contribution in [2.75, 3.05) is 19.6 Å². The SMILES string of the molecule is N#CC1(C2(CN3CCCC3)C=CC=CC2)CC1. The van der Waals surface area contributed by atoms with Gasteiger partial charge in [0.2, 0.25) is 0 Å². The van der Waals surface area contributed by atoms with Crippen molar-refractivity contribution >= 4 is 0 Å². The van der Waals surface area contributed by atoms with Gasteiger partial charge in [-0.15, -0.1) is 0 Å². The first-order chi connectivity index (χ1) is 8.30. The highest BCUT2D eigenvalue weighted by molar-refractivity contribution is 5.30. The molecule has 0 N–H and O–H groups in total. The number of hydrogen-bond donors (Lipinski definition) is 0. The molecule has 1 heterocycles. The van der Waals surface area contributed by atoms with Crippen molar-refractivity contribution in [2.24, 2.45) is 10.8 Å². The molecule has 0 aromatic heterocycles. The Morgan fingerprint density at radius 1 is 1.18 bits per heavy atom. The quantitative estimate of drug-likeness (QED) is 0.742. The summed E-state index contributed by atoms with van der Waals surface area (Å²) >= 11 is 0. The Bertz CT molecular complexity index is 392. The van der Waals surface area contributed by atoms with E-state index >= 15 is 0 Å². The summed E-state index contributed by atoms with van der Waals surface area (Å²) in [7, 11) is 0. The predicted octanol–water partition coefficient (Wildman–Crippen LogP) is 2.89. The highest BCUT2D eigenvalue weighted by atomic mass is 15.1. The van der Waals surface area contributed by atoms with Crippen LogP contribution in [0, 0.1) is 22.2 Å². The lowest BCUT2D eigenvalue weighted by molar-refractivity contribution is 0.162. The lowest BCUT2D eigenvalue weighted by Crippen LogP contribution is -2.41. The monoisotopic (exact) mass is 228 g/mol. The van der Waals surface area contributed by atoms with Crippen LogP contribution in [0.25, 0.3) is 0 Å². The fourth-order valence-corrected chi connectivity index (χ4v) is 3.47. The van der Waals surface area contributed by atoms with Crippen LogP contribution in [0.2, 0.25) is 0 Å². The Balaban J connectivity index is 1.84. The van der Waals surface area contributed by atoms with Crippen molar-refractivity contribution in [1.29, 1.82) is 5.26 Å². The van der Waals surface area contributed by atoms with Gasteiger partial charge in [-0.1, -0.05) is 24.3 Å². The summed E-state index contributed by atoms with van der Waals surface area (Å²) < 4.78 is 0. The summed E-state index contributed by atoms with van der Waals surface area (Å²) in [6, 6.07) is 2.63. The molecule has 0 bridgehead atoms. The molecule has 2 fully saturated rings. The van der Waals surface area contributed by atoms with Gasteiger partial charge in [0, 0.05) is 12.0 Å². The molecule has 17 heavy (non-hydrogen) atoms. The van der Waals surface area contributed by atoms with Gasteiger partial charge in [0.05, 0.1) is 11.5 Å². The van der Waals surface area contributed by atoms with E-state index in [1.165, 1.54) is 25.9 Å². The van der Waals surface area contributed by atoms with Crippen LogP contribution in [-0.2, 0) is 0 Å². The zero-order valence-electron chi connectivity index (χ0n) is 10.4. The van der Waals surface area contributed by atoms with Crippen molar-refractivity contribution in [2.45, 2.75) is 32.1 Å². The lowest BCUT2D eigenvalue weighted by atomic mass is 9.68. The first kappa shape index (κ1) is 11.0. The Morgan fingerprint density at radius 2 is 1.94 bits per heavy atom. The number of nitrogens with zero attached hydrogens (tertiary/aromatic N) is 2. The second-order valence-corrected chi connectivity index (χ2v) is 5.82. The molecule has 0 aromatic carbocycles. The van der Waals surface area contributed by atoms with E-state index in [4.69, 9.17) is 0 Å². The predicted molar refractivity (Wildman–Crippen MR) is 68.3 cm³/mol. The molecule has 1 saturated heterocycles. The smallest absolute Gasteiger partial charge is 0.0699 e. The third-order valence-corrected chi connectivity index (χ3v) is 4.77. The van der Waals surface area contributed by atoms with E-state index in [9.17, 15) is 5.26 Å². The molecule has 2 heteroatoms. The van der Waals surface area contributed by atoms with Crippen LogP contribution in [0.4, 0.5) is 0 Å². The van der Waals surface area contributed by atoms with Gasteiger partial charge in [0.1, 0.15) is 0 Å². The number of rotatable bonds is 3. The van der Waals surface area contributed by atoms with E-state index in [0.717, 1.165) is 25.8 Å². The minimum atomic E-state index is -0.0587. The van der Waals surface area contributed by atoms with Crippen LogP contribution in [0.15, 0.2) is 24.3 Å². The zero-order chi connectivity index (χ0) is 11.8. The van der Waals surface area contributed by atoms with Crippen molar-refractivity contribution in [3.05, 3.63) is 24.3 Å². The Morgan fingerprint density at radius 3 is 2.47 bits per heavy atom. The molecule has 3 rings (SSSR count). The van der Waals surface area contributed by atoms with Gasteiger partial charge in [-0.05, 0) is 45.2 Å². The van der Waals surface area contributed by atoms with E-state index in [1.54, 1.807) is 0 Å². The molecule has 2 aliphatic carbocycles. The molecule has 0 aromatic rings. The minimum Gasteiger partial charge on any atom is -0.302 e. The summed E-state index contributed by atoms with van der Waals surface area (Å²) in [5, 5.41) is 9.52. The molecule has 90 valence electrons. The van der Waals surface area contributed by atoms with Gasteiger partial charge in [-0.2, -0.15) is 5.26 Å². The third kappa shape index (κ3) is 1.73. The van der Waals surface area contributed by atoms with E-state index < -0.39 is 0 Å². The molecule has 2 nitrogen and oxygen atoms in total. The van der Waals surface area contributed by atoms with Gasteiger partial charge < -0.3 is 4.90 Å². The number of likely N-dealkylation sites (tertiary alicyclic amines) is 1. The van der Waals surface area contributed by atoms with Crippen LogP contribution in [0.5, 0.6) is 0 Å². The Hall–Kier alpha value is -1.07.